The molecule has 2 aromatic rings. The Hall–Kier alpha value is -3.42. The highest BCUT2D eigenvalue weighted by atomic mass is 35.5. The minimum absolute atomic E-state index is 0.0591. The molecule has 15 heteroatoms. The van der Waals surface area contributed by atoms with E-state index in [2.05, 4.69) is 37.6 Å². The van der Waals surface area contributed by atoms with Crippen molar-refractivity contribution in [3.8, 4) is 0 Å². The fraction of sp³-hybridized carbons (Fsp3) is 0.538. The molecule has 4 heterocycles. The van der Waals surface area contributed by atoms with E-state index in [9.17, 15) is 14.4 Å². The van der Waals surface area contributed by atoms with Gasteiger partial charge in [-0.25, -0.2) is 15.0 Å². The Kier molecular flexibility index (Phi) is 8.66. The highest BCUT2D eigenvalue weighted by Gasteiger charge is 2.36. The van der Waals surface area contributed by atoms with Crippen molar-refractivity contribution >= 4 is 58.4 Å². The first kappa shape index (κ1) is 29.1. The highest BCUT2D eigenvalue weighted by molar-refractivity contribution is 6.32. The standard InChI is InChI=1S/C26H34Cl2N10O3/c1-2-15-13-37(23-20(28)32-19(22(30)33-23)25(40)35-34-24(39)14-3-4-14)11-12-38(15)16-7-9-36(10-8-16)26(41)17-5-6-18(27)31-21(17)29/h5-6,14-16H,2-4,7-13H2,1H3,(H2,29,31)(H2,30,33)(H,34,39)(H,35,40)/t15-/m0/s1. The van der Waals surface area contributed by atoms with E-state index in [0.717, 1.165) is 38.6 Å². The molecule has 3 aliphatic rings. The van der Waals surface area contributed by atoms with Gasteiger partial charge in [-0.1, -0.05) is 30.1 Å². The van der Waals surface area contributed by atoms with Crippen LogP contribution in [0.2, 0.25) is 10.3 Å². The number of piperazine rings is 1. The molecule has 1 atom stereocenters. The first-order valence-corrected chi connectivity index (χ1v) is 14.6. The number of piperidine rings is 1. The minimum atomic E-state index is -0.673. The fourth-order valence-corrected chi connectivity index (χ4v) is 5.92. The van der Waals surface area contributed by atoms with Crippen molar-refractivity contribution in [1.29, 1.82) is 0 Å². The molecule has 6 N–H and O–H groups in total. The average molecular weight is 606 g/mol. The number of hydrazine groups is 1. The number of nitrogen functional groups attached to an aromatic ring is 2. The number of hydrogen-bond donors (Lipinski definition) is 4. The predicted octanol–water partition coefficient (Wildman–Crippen LogP) is 1.72. The molecule has 1 saturated carbocycles. The van der Waals surface area contributed by atoms with Gasteiger partial charge >= 0.3 is 0 Å². The summed E-state index contributed by atoms with van der Waals surface area (Å²) in [6, 6.07) is 3.76. The van der Waals surface area contributed by atoms with E-state index in [1.54, 1.807) is 12.1 Å². The number of amides is 3. The zero-order chi connectivity index (χ0) is 29.3. The van der Waals surface area contributed by atoms with Crippen molar-refractivity contribution in [1.82, 2.24) is 35.6 Å². The summed E-state index contributed by atoms with van der Waals surface area (Å²) in [6.45, 7) is 5.49. The molecule has 13 nitrogen and oxygen atoms in total. The van der Waals surface area contributed by atoms with Crippen molar-refractivity contribution in [3.05, 3.63) is 33.7 Å². The summed E-state index contributed by atoms with van der Waals surface area (Å²) in [5.41, 5.74) is 17.0. The Morgan fingerprint density at radius 1 is 0.951 bits per heavy atom. The molecule has 220 valence electrons. The molecule has 3 fully saturated rings. The van der Waals surface area contributed by atoms with Crippen LogP contribution in [0, 0.1) is 5.92 Å². The SMILES string of the molecule is CC[C@H]1CN(c2nc(N)c(C(=O)NNC(=O)C3CC3)nc2Cl)CCN1C1CCN(C(=O)c2ccc(Cl)nc2N)CC1. The maximum Gasteiger partial charge on any atom is 0.292 e. The molecule has 1 aliphatic carbocycles. The minimum Gasteiger partial charge on any atom is -0.383 e. The molecule has 0 bridgehead atoms. The highest BCUT2D eigenvalue weighted by Crippen LogP contribution is 2.31. The fourth-order valence-electron chi connectivity index (χ4n) is 5.52. The molecule has 2 aliphatic heterocycles. The lowest BCUT2D eigenvalue weighted by Gasteiger charge is -2.47. The van der Waals surface area contributed by atoms with E-state index in [1.165, 1.54) is 0 Å². The Bertz CT molecular complexity index is 1330. The zero-order valence-corrected chi connectivity index (χ0v) is 24.3. The molecule has 2 saturated heterocycles. The third-order valence-corrected chi connectivity index (χ3v) is 8.43. The van der Waals surface area contributed by atoms with Gasteiger partial charge in [0.1, 0.15) is 11.0 Å². The van der Waals surface area contributed by atoms with Gasteiger partial charge in [-0.05, 0) is 44.2 Å². The van der Waals surface area contributed by atoms with Crippen molar-refractivity contribution < 1.29 is 14.4 Å². The summed E-state index contributed by atoms with van der Waals surface area (Å²) >= 11 is 12.4. The number of nitrogens with one attached hydrogen (secondary N) is 2. The van der Waals surface area contributed by atoms with E-state index >= 15 is 0 Å². The summed E-state index contributed by atoms with van der Waals surface area (Å²) < 4.78 is 0. The van der Waals surface area contributed by atoms with Crippen LogP contribution in [0.25, 0.3) is 0 Å². The third-order valence-electron chi connectivity index (χ3n) is 7.97. The summed E-state index contributed by atoms with van der Waals surface area (Å²) in [5.74, 6) is -0.595. The Morgan fingerprint density at radius 3 is 2.34 bits per heavy atom. The molecular weight excluding hydrogens is 571 g/mol. The van der Waals surface area contributed by atoms with Crippen LogP contribution in [0.3, 0.4) is 0 Å². The number of likely N-dealkylation sites (tertiary alicyclic amines) is 1. The van der Waals surface area contributed by atoms with E-state index in [0.29, 0.717) is 43.6 Å². The van der Waals surface area contributed by atoms with E-state index in [4.69, 9.17) is 34.7 Å². The van der Waals surface area contributed by atoms with Crippen LogP contribution in [-0.4, -0.2) is 87.3 Å². The first-order chi connectivity index (χ1) is 19.7. The van der Waals surface area contributed by atoms with Crippen molar-refractivity contribution in [2.45, 2.75) is 51.1 Å². The number of aromatic nitrogens is 3. The van der Waals surface area contributed by atoms with Gasteiger partial charge in [-0.3, -0.25) is 30.1 Å². The van der Waals surface area contributed by atoms with Gasteiger partial charge in [0.25, 0.3) is 11.8 Å². The zero-order valence-electron chi connectivity index (χ0n) is 22.8. The number of nitrogens with two attached hydrogens (primary N) is 2. The second kappa shape index (κ2) is 12.2. The molecular formula is C26H34Cl2N10O3. The maximum atomic E-state index is 13.0. The van der Waals surface area contributed by atoms with Gasteiger partial charge in [0.05, 0.1) is 5.56 Å². The van der Waals surface area contributed by atoms with Crippen molar-refractivity contribution in [3.63, 3.8) is 0 Å². The number of nitrogens with zero attached hydrogens (tertiary/aromatic N) is 6. The van der Waals surface area contributed by atoms with E-state index in [1.807, 2.05) is 9.80 Å². The van der Waals surface area contributed by atoms with Crippen LogP contribution in [0.5, 0.6) is 0 Å². The van der Waals surface area contributed by atoms with Crippen LogP contribution in [0.1, 0.15) is 59.9 Å². The number of carbonyl (C=O) groups excluding carboxylic acids is 3. The second-order valence-corrected chi connectivity index (χ2v) is 11.4. The Labute approximate surface area is 247 Å². The lowest BCUT2D eigenvalue weighted by molar-refractivity contribution is -0.123. The largest absolute Gasteiger partial charge is 0.383 e. The number of halogens is 2. The van der Waals surface area contributed by atoms with E-state index < -0.39 is 5.91 Å². The average Bonchev–Trinajstić information content (AvgIpc) is 3.82. The van der Waals surface area contributed by atoms with Crippen molar-refractivity contribution in [2.24, 2.45) is 5.92 Å². The molecule has 0 radical (unpaired) electrons. The van der Waals surface area contributed by atoms with Gasteiger partial charge in [-0.2, -0.15) is 0 Å². The normalized spacial score (nSPS) is 20.1. The Balaban J connectivity index is 1.18. The molecule has 41 heavy (non-hydrogen) atoms. The van der Waals surface area contributed by atoms with Gasteiger partial charge in [0.15, 0.2) is 22.5 Å². The van der Waals surface area contributed by atoms with Crippen LogP contribution in [0.4, 0.5) is 17.5 Å². The van der Waals surface area contributed by atoms with Crippen LogP contribution < -0.4 is 27.2 Å². The lowest BCUT2D eigenvalue weighted by atomic mass is 9.97. The monoisotopic (exact) mass is 604 g/mol. The quantitative estimate of drug-likeness (QED) is 0.280. The molecule has 5 rings (SSSR count). The number of carbonyl (C=O) groups is 3. The third kappa shape index (κ3) is 6.41. The molecule has 0 aromatic carbocycles. The van der Waals surface area contributed by atoms with Gasteiger partial charge < -0.3 is 21.3 Å². The van der Waals surface area contributed by atoms with Crippen LogP contribution in [-0.2, 0) is 4.79 Å². The van der Waals surface area contributed by atoms with E-state index in [-0.39, 0.29) is 51.4 Å². The number of anilines is 3. The van der Waals surface area contributed by atoms with Crippen molar-refractivity contribution in [2.75, 3.05) is 49.1 Å². The van der Waals surface area contributed by atoms with Crippen LogP contribution in [0.15, 0.2) is 12.1 Å². The summed E-state index contributed by atoms with van der Waals surface area (Å²) in [5, 5.41) is 0.331. The Morgan fingerprint density at radius 2 is 1.68 bits per heavy atom. The topological polar surface area (TPSA) is 176 Å². The number of pyridine rings is 1. The van der Waals surface area contributed by atoms with Gasteiger partial charge in [0, 0.05) is 50.7 Å². The van der Waals surface area contributed by atoms with Gasteiger partial charge in [0.2, 0.25) is 5.91 Å². The molecule has 3 amide bonds. The number of hydrogen-bond acceptors (Lipinski definition) is 10. The molecule has 2 aromatic heterocycles. The first-order valence-electron chi connectivity index (χ1n) is 13.8. The van der Waals surface area contributed by atoms with Gasteiger partial charge in [-0.15, -0.1) is 0 Å². The maximum absolute atomic E-state index is 13.0. The number of rotatable bonds is 6. The summed E-state index contributed by atoms with van der Waals surface area (Å²) in [7, 11) is 0. The smallest absolute Gasteiger partial charge is 0.292 e. The summed E-state index contributed by atoms with van der Waals surface area (Å²) in [6.07, 6.45) is 4.22. The summed E-state index contributed by atoms with van der Waals surface area (Å²) in [4.78, 5) is 56.4. The molecule has 0 unspecified atom stereocenters. The molecule has 0 spiro atoms. The second-order valence-electron chi connectivity index (χ2n) is 10.6. The predicted molar refractivity (Wildman–Crippen MR) is 155 cm³/mol. The lowest BCUT2D eigenvalue weighted by Crippen LogP contribution is -2.58. The van der Waals surface area contributed by atoms with Crippen LogP contribution >= 0.6 is 23.2 Å².